The molecular weight excluding hydrogens is 76.1 g/mol. The molecule has 0 aliphatic carbocycles. The summed E-state index contributed by atoms with van der Waals surface area (Å²) in [7, 11) is 0. The summed E-state index contributed by atoms with van der Waals surface area (Å²) in [4.78, 5) is 3.72. The molecule has 2 nitrogen and oxygen atoms in total. The maximum Gasteiger partial charge on any atom is 0.0388 e. The van der Waals surface area contributed by atoms with Gasteiger partial charge in [-0.15, -0.1) is 0 Å². The third-order valence-electron chi connectivity index (χ3n) is 0.363. The van der Waals surface area contributed by atoms with Gasteiger partial charge in [-0.25, -0.2) is 0 Å². The molecule has 0 heterocycles. The Morgan fingerprint density at radius 3 is 2.67 bits per heavy atom. The third-order valence-corrected chi connectivity index (χ3v) is 0.363. The minimum Gasteiger partial charge on any atom is -0.307 e. The van der Waals surface area contributed by atoms with Crippen LogP contribution >= 0.6 is 0 Å². The highest BCUT2D eigenvalue weighted by molar-refractivity contribution is 6.14. The van der Waals surface area contributed by atoms with Crippen molar-refractivity contribution in [2.24, 2.45) is 4.99 Å². The van der Waals surface area contributed by atoms with Crippen molar-refractivity contribution in [2.45, 2.75) is 6.92 Å². The van der Waals surface area contributed by atoms with Gasteiger partial charge in [-0.2, -0.15) is 0 Å². The van der Waals surface area contributed by atoms with Crippen molar-refractivity contribution in [2.75, 3.05) is 6.54 Å². The van der Waals surface area contributed by atoms with Gasteiger partial charge in [0.25, 0.3) is 0 Å². The Kier molecular flexibility index (Phi) is 3.86. The van der Waals surface area contributed by atoms with Crippen LogP contribution in [0.5, 0.6) is 0 Å². The number of nitrogens with zero attached hydrogens (tertiary/aromatic N) is 1. The third kappa shape index (κ3) is 3.34. The van der Waals surface area contributed by atoms with Crippen molar-refractivity contribution in [3.05, 3.63) is 0 Å². The maximum absolute atomic E-state index is 6.43. The molecule has 2 heteroatoms. The Morgan fingerprint density at radius 1 is 1.83 bits per heavy atom. The Labute approximate surface area is 37.4 Å². The van der Waals surface area contributed by atoms with Crippen LogP contribution in [0.15, 0.2) is 4.99 Å². The van der Waals surface area contributed by atoms with Crippen LogP contribution in [0, 0.1) is 5.41 Å². The molecule has 0 spiro atoms. The van der Waals surface area contributed by atoms with E-state index in [2.05, 4.69) is 4.99 Å². The molecule has 0 saturated carbocycles. The first kappa shape index (κ1) is 5.34. The number of hydrogen-bond donors (Lipinski definition) is 1. The summed E-state index contributed by atoms with van der Waals surface area (Å²) >= 11 is 0. The molecule has 1 N–H and O–H groups in total. The van der Waals surface area contributed by atoms with Gasteiger partial charge < -0.3 is 5.41 Å². The quantitative estimate of drug-likeness (QED) is 0.479. The van der Waals surface area contributed by atoms with Gasteiger partial charge in [0.2, 0.25) is 0 Å². The molecule has 0 fully saturated rings. The molecule has 6 heavy (non-hydrogen) atoms. The van der Waals surface area contributed by atoms with Crippen molar-refractivity contribution in [3.63, 3.8) is 0 Å². The van der Waals surface area contributed by atoms with Gasteiger partial charge >= 0.3 is 0 Å². The summed E-state index contributed by atoms with van der Waals surface area (Å²) in [5.41, 5.74) is 0. The molecule has 0 radical (unpaired) electrons. The monoisotopic (exact) mass is 84.1 g/mol. The van der Waals surface area contributed by atoms with E-state index in [-0.39, 0.29) is 0 Å². The fourth-order valence-electron chi connectivity index (χ4n) is 0.158. The molecule has 0 aromatic rings. The lowest BCUT2D eigenvalue weighted by Crippen LogP contribution is -1.71. The highest BCUT2D eigenvalue weighted by atomic mass is 14.7. The molecule has 0 aliphatic heterocycles. The molecule has 0 aliphatic rings. The van der Waals surface area contributed by atoms with E-state index >= 15 is 0 Å². The average molecular weight is 84.1 g/mol. The molecule has 0 saturated heterocycles. The van der Waals surface area contributed by atoms with Crippen LogP contribution in [0.1, 0.15) is 6.92 Å². The van der Waals surface area contributed by atoms with E-state index in [1.807, 2.05) is 6.92 Å². The van der Waals surface area contributed by atoms with Gasteiger partial charge in [0, 0.05) is 19.0 Å². The van der Waals surface area contributed by atoms with Crippen molar-refractivity contribution < 1.29 is 0 Å². The van der Waals surface area contributed by atoms with Gasteiger partial charge in [0.15, 0.2) is 0 Å². The van der Waals surface area contributed by atoms with Gasteiger partial charge in [-0.3, -0.25) is 4.99 Å². The van der Waals surface area contributed by atoms with Crippen LogP contribution in [0.3, 0.4) is 0 Å². The van der Waals surface area contributed by atoms with Crippen LogP contribution in [0.25, 0.3) is 0 Å². The molecule has 34 valence electrons. The molecular formula is C4H8N2. The van der Waals surface area contributed by atoms with E-state index in [9.17, 15) is 0 Å². The van der Waals surface area contributed by atoms with Crippen molar-refractivity contribution in [1.29, 1.82) is 5.41 Å². The first-order valence-corrected chi connectivity index (χ1v) is 1.90. The second kappa shape index (κ2) is 4.34. The zero-order valence-electron chi connectivity index (χ0n) is 3.81. The molecule has 0 bridgehead atoms. The second-order valence-electron chi connectivity index (χ2n) is 0.815. The average Bonchev–Trinajstić information content (AvgIpc) is 1.61. The molecule has 0 amide bonds. The highest BCUT2D eigenvalue weighted by Gasteiger charge is 1.55. The van der Waals surface area contributed by atoms with E-state index in [1.54, 1.807) is 0 Å². The molecule has 0 aromatic heterocycles. The van der Waals surface area contributed by atoms with Crippen molar-refractivity contribution in [1.82, 2.24) is 0 Å². The first-order valence-electron chi connectivity index (χ1n) is 1.90. The fraction of sp³-hybridized carbons (Fsp3) is 0.500. The number of nitrogens with one attached hydrogen (secondary N) is 1. The van der Waals surface area contributed by atoms with E-state index in [0.717, 1.165) is 6.54 Å². The summed E-state index contributed by atoms with van der Waals surface area (Å²) in [5.74, 6) is 0. The summed E-state index contributed by atoms with van der Waals surface area (Å²) in [6, 6.07) is 0. The zero-order chi connectivity index (χ0) is 4.83. The number of rotatable bonds is 2. The van der Waals surface area contributed by atoms with E-state index in [4.69, 9.17) is 5.41 Å². The van der Waals surface area contributed by atoms with E-state index < -0.39 is 0 Å². The van der Waals surface area contributed by atoms with Gasteiger partial charge in [-0.1, -0.05) is 0 Å². The summed E-state index contributed by atoms with van der Waals surface area (Å²) in [6.45, 7) is 2.70. The van der Waals surface area contributed by atoms with Crippen LogP contribution in [0.4, 0.5) is 0 Å². The normalized spacial score (nSPS) is 9.50. The van der Waals surface area contributed by atoms with Gasteiger partial charge in [-0.05, 0) is 6.92 Å². The topological polar surface area (TPSA) is 36.2 Å². The standard InChI is InChI=1S/C4H8N2/c1-2-6-4-3-5/h3-5H,2H2,1H3. The molecule has 0 rings (SSSR count). The van der Waals surface area contributed by atoms with Gasteiger partial charge in [0.05, 0.1) is 0 Å². The Hall–Kier alpha value is -0.660. The first-order chi connectivity index (χ1) is 2.91. The minimum absolute atomic E-state index is 0.773. The summed E-state index contributed by atoms with van der Waals surface area (Å²) in [6.07, 6.45) is 2.64. The largest absolute Gasteiger partial charge is 0.307 e. The Bertz CT molecular complexity index is 56.6. The van der Waals surface area contributed by atoms with E-state index in [0.29, 0.717) is 0 Å². The number of aliphatic imine (C=N–C) groups is 1. The van der Waals surface area contributed by atoms with Crippen molar-refractivity contribution in [3.8, 4) is 0 Å². The smallest absolute Gasteiger partial charge is 0.0388 e. The summed E-state index contributed by atoms with van der Waals surface area (Å²) in [5, 5.41) is 6.43. The van der Waals surface area contributed by atoms with Gasteiger partial charge in [0.1, 0.15) is 0 Å². The second-order valence-corrected chi connectivity index (χ2v) is 0.815. The lowest BCUT2D eigenvalue weighted by Gasteiger charge is -1.69. The van der Waals surface area contributed by atoms with Crippen LogP contribution in [-0.2, 0) is 0 Å². The molecule has 0 aromatic carbocycles. The number of hydrogen-bond acceptors (Lipinski definition) is 2. The van der Waals surface area contributed by atoms with Crippen molar-refractivity contribution >= 4 is 12.4 Å². The predicted molar refractivity (Wildman–Crippen MR) is 27.8 cm³/mol. The molecule has 0 atom stereocenters. The zero-order valence-corrected chi connectivity index (χ0v) is 3.81. The Balaban J connectivity index is 2.94. The predicted octanol–water partition coefficient (Wildman–Crippen LogP) is 0.727. The fourth-order valence-corrected chi connectivity index (χ4v) is 0.158. The SMILES string of the molecule is CCN=CC=N. The lowest BCUT2D eigenvalue weighted by atomic mass is 10.7. The molecule has 0 unspecified atom stereocenters. The maximum atomic E-state index is 6.43. The van der Waals surface area contributed by atoms with E-state index in [1.165, 1.54) is 12.4 Å². The van der Waals surface area contributed by atoms with Crippen LogP contribution in [-0.4, -0.2) is 19.0 Å². The highest BCUT2D eigenvalue weighted by Crippen LogP contribution is 1.56. The van der Waals surface area contributed by atoms with Crippen LogP contribution in [0.2, 0.25) is 0 Å². The lowest BCUT2D eigenvalue weighted by molar-refractivity contribution is 1.14. The Morgan fingerprint density at radius 2 is 2.50 bits per heavy atom. The minimum atomic E-state index is 0.773. The van der Waals surface area contributed by atoms with Crippen LogP contribution < -0.4 is 0 Å². The summed E-state index contributed by atoms with van der Waals surface area (Å²) < 4.78 is 0.